The molecule has 1 aliphatic rings. The molecule has 0 unspecified atom stereocenters. The van der Waals surface area contributed by atoms with Crippen LogP contribution in [0.25, 0.3) is 4.85 Å². The molecule has 1 saturated heterocycles. The lowest BCUT2D eigenvalue weighted by Crippen LogP contribution is -2.48. The van der Waals surface area contributed by atoms with Crippen LogP contribution in [-0.4, -0.2) is 113 Å². The van der Waals surface area contributed by atoms with E-state index < -0.39 is 54.5 Å². The fraction of sp³-hybridized carbons (Fsp3) is 0.732. The van der Waals surface area contributed by atoms with Crippen molar-refractivity contribution in [2.75, 3.05) is 26.2 Å². The van der Waals surface area contributed by atoms with E-state index in [0.29, 0.717) is 57.5 Å². The lowest BCUT2D eigenvalue weighted by atomic mass is 9.86. The molecule has 1 aromatic carbocycles. The first-order chi connectivity index (χ1) is 35.5. The minimum atomic E-state index is -0.975. The molecule has 18 heteroatoms. The van der Waals surface area contributed by atoms with Crippen molar-refractivity contribution in [1.29, 1.82) is 0 Å². The van der Waals surface area contributed by atoms with E-state index in [4.69, 9.17) is 23.8 Å². The zero-order valence-electron chi connectivity index (χ0n) is 45.2. The first-order valence-corrected chi connectivity index (χ1v) is 27.7. The summed E-state index contributed by atoms with van der Waals surface area (Å²) in [4.78, 5) is 102. The number of phenols is 1. The third-order valence-electron chi connectivity index (χ3n) is 13.5. The zero-order chi connectivity index (χ0) is 55.1. The minimum absolute atomic E-state index is 0.0765. The summed E-state index contributed by atoms with van der Waals surface area (Å²) in [7, 11) is 0. The highest BCUT2D eigenvalue weighted by atomic mass is 16.3. The van der Waals surface area contributed by atoms with E-state index in [1.54, 1.807) is 17.0 Å². The molecule has 0 aromatic heterocycles. The molecule has 1 heterocycles. The maximum absolute atomic E-state index is 12.7. The summed E-state index contributed by atoms with van der Waals surface area (Å²) in [5.41, 5.74) is 17.9. The topological polar surface area (TPSA) is 299 Å². The SMILES string of the molecule is CCCC[C@H](CC(=O)[C@@H](C)NC(=O)[C@@H](N)Cc1ccc(O)cc1)C(=O)C[C@@H](CO)C(N)=O.[C-]#[N+][C@@H]1CCCN1C(=O)[C@@H](N)CCC(=O)NCCCCCCCCCC(=O)CCCCCCCCCCC(=O)NCC. The van der Waals surface area contributed by atoms with Gasteiger partial charge in [-0.2, -0.15) is 0 Å². The fourth-order valence-corrected chi connectivity index (χ4v) is 8.78. The smallest absolute Gasteiger partial charge is 0.300 e. The number of ketones is 3. The van der Waals surface area contributed by atoms with Gasteiger partial charge >= 0.3 is 6.17 Å². The Bertz CT molecular complexity index is 1860. The monoisotopic (exact) mass is 1040 g/mol. The highest BCUT2D eigenvalue weighted by Gasteiger charge is 2.35. The lowest BCUT2D eigenvalue weighted by Gasteiger charge is -2.21. The molecule has 0 bridgehead atoms. The van der Waals surface area contributed by atoms with Gasteiger partial charge in [-0.25, -0.2) is 6.57 Å². The zero-order valence-corrected chi connectivity index (χ0v) is 45.2. The van der Waals surface area contributed by atoms with Crippen molar-refractivity contribution in [3.05, 3.63) is 41.2 Å². The van der Waals surface area contributed by atoms with Crippen LogP contribution >= 0.6 is 0 Å². The number of carbonyl (C=O) groups excluding carboxylic acids is 8. The average molecular weight is 1040 g/mol. The molecule has 1 aliphatic heterocycles. The van der Waals surface area contributed by atoms with Crippen LogP contribution in [0.5, 0.6) is 5.75 Å². The summed E-state index contributed by atoms with van der Waals surface area (Å²) in [6, 6.07) is 3.87. The van der Waals surface area contributed by atoms with Gasteiger partial charge in [-0.3, -0.25) is 48.1 Å². The Labute approximate surface area is 442 Å². The van der Waals surface area contributed by atoms with E-state index in [9.17, 15) is 48.6 Å². The number of nitrogens with one attached hydrogen (secondary N) is 3. The number of phenolic OH excluding ortho intramolecular Hbond substituents is 1. The van der Waals surface area contributed by atoms with Crippen LogP contribution in [0.15, 0.2) is 24.3 Å². The molecular weight excluding hydrogens is 945 g/mol. The molecule has 74 heavy (non-hydrogen) atoms. The molecule has 1 aromatic rings. The van der Waals surface area contributed by atoms with Crippen molar-refractivity contribution >= 4 is 46.9 Å². The number of hydrogen-bond acceptors (Lipinski definition) is 12. The lowest BCUT2D eigenvalue weighted by molar-refractivity contribution is -0.133. The molecular formula is C56H94N8O10. The number of likely N-dealkylation sites (tertiary alicyclic amines) is 1. The number of aliphatic hydroxyl groups excluding tert-OH is 1. The first-order valence-electron chi connectivity index (χ1n) is 27.7. The Balaban J connectivity index is 0.000000768. The first kappa shape index (κ1) is 66.8. The van der Waals surface area contributed by atoms with Crippen molar-refractivity contribution < 1.29 is 48.6 Å². The van der Waals surface area contributed by atoms with Crippen molar-refractivity contribution in [1.82, 2.24) is 20.9 Å². The van der Waals surface area contributed by atoms with E-state index in [0.717, 1.165) is 102 Å². The molecule has 6 atom stereocenters. The maximum Gasteiger partial charge on any atom is 0.300 e. The number of unbranched alkanes of at least 4 members (excludes halogenated alkanes) is 14. The van der Waals surface area contributed by atoms with Crippen molar-refractivity contribution in [2.24, 2.45) is 29.0 Å². The Morgan fingerprint density at radius 1 is 0.703 bits per heavy atom. The summed E-state index contributed by atoms with van der Waals surface area (Å²) in [6.07, 6.45) is 22.4. The number of amides is 5. The number of nitrogens with zero attached hydrogens (tertiary/aromatic N) is 2. The Morgan fingerprint density at radius 2 is 1.24 bits per heavy atom. The second-order valence-corrected chi connectivity index (χ2v) is 20.0. The quantitative estimate of drug-likeness (QED) is 0.0262. The maximum atomic E-state index is 12.7. The molecule has 418 valence electrons. The number of carbonyl (C=O) groups is 8. The van der Waals surface area contributed by atoms with Crippen LogP contribution in [0.2, 0.25) is 0 Å². The molecule has 5 amide bonds. The van der Waals surface area contributed by atoms with Crippen molar-refractivity contribution in [2.45, 2.75) is 225 Å². The third kappa shape index (κ3) is 30.8. The van der Waals surface area contributed by atoms with Crippen LogP contribution in [0.1, 0.15) is 200 Å². The van der Waals surface area contributed by atoms with Gasteiger partial charge in [0.2, 0.25) is 29.5 Å². The van der Waals surface area contributed by atoms with Crippen LogP contribution in [0.4, 0.5) is 0 Å². The molecule has 11 N–H and O–H groups in total. The van der Waals surface area contributed by atoms with Gasteiger partial charge in [0.25, 0.3) is 0 Å². The highest BCUT2D eigenvalue weighted by Crippen LogP contribution is 2.22. The van der Waals surface area contributed by atoms with Gasteiger partial charge in [0.1, 0.15) is 17.3 Å². The number of aromatic hydroxyl groups is 1. The van der Waals surface area contributed by atoms with Gasteiger partial charge in [0.05, 0.1) is 30.7 Å². The van der Waals surface area contributed by atoms with E-state index in [-0.39, 0.29) is 60.7 Å². The van der Waals surface area contributed by atoms with Crippen molar-refractivity contribution in [3.63, 3.8) is 0 Å². The molecule has 1 fully saturated rings. The van der Waals surface area contributed by atoms with Crippen LogP contribution in [0.3, 0.4) is 0 Å². The number of hydrogen-bond donors (Lipinski definition) is 8. The summed E-state index contributed by atoms with van der Waals surface area (Å²) in [5.74, 6) is -3.07. The molecule has 2 rings (SSSR count). The summed E-state index contributed by atoms with van der Waals surface area (Å²) in [6.45, 7) is 14.0. The van der Waals surface area contributed by atoms with Crippen LogP contribution in [0, 0.1) is 18.4 Å². The third-order valence-corrected chi connectivity index (χ3v) is 13.5. The van der Waals surface area contributed by atoms with E-state index >= 15 is 0 Å². The summed E-state index contributed by atoms with van der Waals surface area (Å²) >= 11 is 0. The van der Waals surface area contributed by atoms with Gasteiger partial charge in [-0.05, 0) is 82.9 Å². The normalized spacial score (nSPS) is 15.0. The van der Waals surface area contributed by atoms with Crippen LogP contribution in [-0.2, 0) is 44.8 Å². The molecule has 0 radical (unpaired) electrons. The van der Waals surface area contributed by atoms with Gasteiger partial charge in [0, 0.05) is 70.5 Å². The number of benzene rings is 1. The van der Waals surface area contributed by atoms with Gasteiger partial charge in [-0.15, -0.1) is 0 Å². The number of Topliss-reactive ketones (excluding diaryl/α,β-unsaturated/α-hetero) is 3. The van der Waals surface area contributed by atoms with Gasteiger partial charge < -0.3 is 43.4 Å². The van der Waals surface area contributed by atoms with Gasteiger partial charge in [0.15, 0.2) is 5.78 Å². The standard InChI is InChI=1S/C33H59N5O4.C23H35N3O6/c1-3-36-31(40)23-17-13-9-5-4-7-11-15-20-28(39)21-16-12-8-6-10-14-18-26-37-32(41)25-24-29(34)33(42)38-27-19-22-30(38)35-2;1-3-4-5-16(21(30)12-17(13-27)22(25)31)11-20(29)14(2)26-23(32)19(24)10-15-6-8-18(28)9-7-15/h29-30H,3-27,34H2,1H3,(H,36,40)(H,37,41);6-9,14,16-17,19,27-28H,3-5,10-13,24H2,1-2H3,(H2,25,31)(H,26,32)/t29-,30-;14-,16-,17+,19+/m01/s1. The van der Waals surface area contributed by atoms with Crippen molar-refractivity contribution in [3.8, 4) is 5.75 Å². The number of primary amides is 1. The summed E-state index contributed by atoms with van der Waals surface area (Å²) in [5, 5.41) is 26.9. The van der Waals surface area contributed by atoms with Gasteiger partial charge in [-0.1, -0.05) is 103 Å². The predicted octanol–water partition coefficient (Wildman–Crippen LogP) is 6.39. The number of rotatable bonds is 41. The Kier molecular flexibility index (Phi) is 37.0. The van der Waals surface area contributed by atoms with Crippen LogP contribution < -0.4 is 33.2 Å². The fourth-order valence-electron chi connectivity index (χ4n) is 8.78. The number of nitrogens with two attached hydrogens (primary N) is 3. The molecule has 0 saturated carbocycles. The average Bonchev–Trinajstić information content (AvgIpc) is 3.86. The van der Waals surface area contributed by atoms with E-state index in [2.05, 4.69) is 20.8 Å². The Morgan fingerprint density at radius 3 is 1.78 bits per heavy atom. The van der Waals surface area contributed by atoms with E-state index in [1.165, 1.54) is 44.7 Å². The second-order valence-electron chi connectivity index (χ2n) is 20.0. The summed E-state index contributed by atoms with van der Waals surface area (Å²) < 4.78 is 0. The molecule has 18 nitrogen and oxygen atoms in total. The Hall–Kier alpha value is -5.25. The van der Waals surface area contributed by atoms with E-state index in [1.807, 2.05) is 13.8 Å². The molecule has 0 spiro atoms. The number of aliphatic hydroxyl groups is 1. The highest BCUT2D eigenvalue weighted by molar-refractivity contribution is 5.94. The second kappa shape index (κ2) is 41.1. The molecule has 0 aliphatic carbocycles. The predicted molar refractivity (Wildman–Crippen MR) is 288 cm³/mol. The minimum Gasteiger partial charge on any atom is -0.508 e. The largest absolute Gasteiger partial charge is 0.508 e.